The number of rotatable bonds is 5. The normalized spacial score (nSPS) is 17.4. The Morgan fingerprint density at radius 3 is 2.48 bits per heavy atom. The molecule has 2 N–H and O–H groups in total. The van der Waals surface area contributed by atoms with Crippen LogP contribution in [0.1, 0.15) is 43.2 Å². The first-order valence-electron chi connectivity index (χ1n) is 7.61. The molecule has 1 aliphatic rings. The Bertz CT molecular complexity index is 439. The van der Waals surface area contributed by atoms with E-state index in [0.29, 0.717) is 24.7 Å². The van der Waals surface area contributed by atoms with Crippen LogP contribution in [0.25, 0.3) is 0 Å². The number of hydrogen-bond acceptors (Lipinski definition) is 2. The second kappa shape index (κ2) is 7.27. The topological polar surface area (TPSA) is 29.3 Å². The van der Waals surface area contributed by atoms with E-state index < -0.39 is 11.7 Å². The van der Waals surface area contributed by atoms with Crippen LogP contribution in [-0.2, 0) is 12.7 Å². The van der Waals surface area contributed by atoms with Gasteiger partial charge in [0.15, 0.2) is 0 Å². The number of halogens is 3. The van der Waals surface area contributed by atoms with Crippen LogP contribution in [0.5, 0.6) is 0 Å². The van der Waals surface area contributed by atoms with Crippen molar-refractivity contribution in [3.8, 4) is 0 Å². The molecule has 0 radical (unpaired) electrons. The van der Waals surface area contributed by atoms with Gasteiger partial charge in [0.05, 0.1) is 5.56 Å². The summed E-state index contributed by atoms with van der Waals surface area (Å²) in [5.41, 5.74) is 5.81. The van der Waals surface area contributed by atoms with Crippen molar-refractivity contribution >= 4 is 0 Å². The molecule has 0 bridgehead atoms. The highest BCUT2D eigenvalue weighted by Gasteiger charge is 2.30. The fourth-order valence-corrected chi connectivity index (χ4v) is 3.08. The van der Waals surface area contributed by atoms with Crippen molar-refractivity contribution in [1.82, 2.24) is 4.90 Å². The van der Waals surface area contributed by atoms with Gasteiger partial charge < -0.3 is 5.73 Å². The third kappa shape index (κ3) is 4.71. The van der Waals surface area contributed by atoms with Crippen molar-refractivity contribution in [2.45, 2.75) is 50.9 Å². The molecule has 0 aromatic heterocycles. The maximum absolute atomic E-state index is 12.8. The van der Waals surface area contributed by atoms with E-state index in [1.54, 1.807) is 6.07 Å². The lowest BCUT2D eigenvalue weighted by Crippen LogP contribution is -2.39. The molecule has 1 fully saturated rings. The standard InChI is InChI=1S/C16H23F3N2/c17-16(18,19)14-6-4-5-13(11-14)12-21(10-9-20)15-7-2-1-3-8-15/h4-6,11,15H,1-3,7-10,12,20H2. The SMILES string of the molecule is NCCN(Cc1cccc(C(F)(F)F)c1)C1CCCCC1. The molecule has 0 spiro atoms. The van der Waals surface area contributed by atoms with Gasteiger partial charge in [-0.1, -0.05) is 37.5 Å². The van der Waals surface area contributed by atoms with Crippen LogP contribution >= 0.6 is 0 Å². The fourth-order valence-electron chi connectivity index (χ4n) is 3.08. The highest BCUT2D eigenvalue weighted by Crippen LogP contribution is 2.30. The number of nitrogens with zero attached hydrogens (tertiary/aromatic N) is 1. The van der Waals surface area contributed by atoms with Crippen LogP contribution in [0, 0.1) is 0 Å². The van der Waals surface area contributed by atoms with Gasteiger partial charge in [-0.05, 0) is 24.5 Å². The summed E-state index contributed by atoms with van der Waals surface area (Å²) in [5.74, 6) is 0. The quantitative estimate of drug-likeness (QED) is 0.896. The largest absolute Gasteiger partial charge is 0.416 e. The number of benzene rings is 1. The molecule has 0 unspecified atom stereocenters. The molecule has 118 valence electrons. The van der Waals surface area contributed by atoms with Crippen molar-refractivity contribution in [3.05, 3.63) is 35.4 Å². The van der Waals surface area contributed by atoms with Crippen molar-refractivity contribution in [2.24, 2.45) is 5.73 Å². The zero-order valence-electron chi connectivity index (χ0n) is 12.2. The van der Waals surface area contributed by atoms with Crippen molar-refractivity contribution in [3.63, 3.8) is 0 Å². The summed E-state index contributed by atoms with van der Waals surface area (Å²) < 4.78 is 38.3. The van der Waals surface area contributed by atoms with Gasteiger partial charge in [0.1, 0.15) is 0 Å². The summed E-state index contributed by atoms with van der Waals surface area (Å²) >= 11 is 0. The van der Waals surface area contributed by atoms with Gasteiger partial charge in [0, 0.05) is 25.7 Å². The summed E-state index contributed by atoms with van der Waals surface area (Å²) in [5, 5.41) is 0. The lowest BCUT2D eigenvalue weighted by atomic mass is 9.93. The third-order valence-corrected chi connectivity index (χ3v) is 4.15. The zero-order chi connectivity index (χ0) is 15.3. The Kier molecular flexibility index (Phi) is 5.65. The van der Waals surface area contributed by atoms with Gasteiger partial charge >= 0.3 is 6.18 Å². The Morgan fingerprint density at radius 2 is 1.86 bits per heavy atom. The summed E-state index contributed by atoms with van der Waals surface area (Å²) in [6, 6.07) is 6.09. The van der Waals surface area contributed by atoms with Crippen LogP contribution in [0.4, 0.5) is 13.2 Å². The monoisotopic (exact) mass is 300 g/mol. The Hall–Kier alpha value is -1.07. The van der Waals surface area contributed by atoms with Crippen molar-refractivity contribution in [2.75, 3.05) is 13.1 Å². The molecule has 2 nitrogen and oxygen atoms in total. The molecule has 0 saturated heterocycles. The van der Waals surface area contributed by atoms with Crippen LogP contribution < -0.4 is 5.73 Å². The lowest BCUT2D eigenvalue weighted by molar-refractivity contribution is -0.137. The second-order valence-corrected chi connectivity index (χ2v) is 5.75. The van der Waals surface area contributed by atoms with Crippen LogP contribution in [-0.4, -0.2) is 24.0 Å². The van der Waals surface area contributed by atoms with E-state index in [-0.39, 0.29) is 0 Å². The molecule has 21 heavy (non-hydrogen) atoms. The van der Waals surface area contributed by atoms with Gasteiger partial charge in [-0.3, -0.25) is 4.90 Å². The first kappa shape index (κ1) is 16.3. The summed E-state index contributed by atoms with van der Waals surface area (Å²) in [6.07, 6.45) is 1.64. The second-order valence-electron chi connectivity index (χ2n) is 5.75. The molecule has 0 heterocycles. The van der Waals surface area contributed by atoms with E-state index in [4.69, 9.17) is 5.73 Å². The fraction of sp³-hybridized carbons (Fsp3) is 0.625. The van der Waals surface area contributed by atoms with Gasteiger partial charge in [-0.2, -0.15) is 13.2 Å². The number of alkyl halides is 3. The highest BCUT2D eigenvalue weighted by molar-refractivity contribution is 5.25. The van der Waals surface area contributed by atoms with E-state index in [1.165, 1.54) is 31.4 Å². The van der Waals surface area contributed by atoms with E-state index in [2.05, 4.69) is 4.90 Å². The molecule has 5 heteroatoms. The van der Waals surface area contributed by atoms with Crippen molar-refractivity contribution in [1.29, 1.82) is 0 Å². The average molecular weight is 300 g/mol. The number of nitrogens with two attached hydrogens (primary N) is 1. The predicted octanol–water partition coefficient (Wildman–Crippen LogP) is 3.80. The zero-order valence-corrected chi connectivity index (χ0v) is 12.2. The molecule has 0 amide bonds. The van der Waals surface area contributed by atoms with Gasteiger partial charge in [-0.15, -0.1) is 0 Å². The van der Waals surface area contributed by atoms with E-state index in [1.807, 2.05) is 0 Å². The Morgan fingerprint density at radius 1 is 1.14 bits per heavy atom. The number of hydrogen-bond donors (Lipinski definition) is 1. The minimum absolute atomic E-state index is 0.455. The van der Waals surface area contributed by atoms with Gasteiger partial charge in [0.25, 0.3) is 0 Å². The minimum atomic E-state index is -4.28. The molecular weight excluding hydrogens is 277 g/mol. The van der Waals surface area contributed by atoms with E-state index in [9.17, 15) is 13.2 Å². The Labute approximate surface area is 124 Å². The highest BCUT2D eigenvalue weighted by atomic mass is 19.4. The predicted molar refractivity (Wildman–Crippen MR) is 77.8 cm³/mol. The lowest BCUT2D eigenvalue weighted by Gasteiger charge is -2.34. The van der Waals surface area contributed by atoms with Crippen LogP contribution in [0.15, 0.2) is 24.3 Å². The molecule has 0 atom stereocenters. The first-order chi connectivity index (χ1) is 10.0. The van der Waals surface area contributed by atoms with Crippen molar-refractivity contribution < 1.29 is 13.2 Å². The summed E-state index contributed by atoms with van der Waals surface area (Å²) in [6.45, 7) is 1.82. The van der Waals surface area contributed by atoms with E-state index in [0.717, 1.165) is 25.5 Å². The molecule has 1 aliphatic carbocycles. The molecule has 1 saturated carbocycles. The smallest absolute Gasteiger partial charge is 0.329 e. The minimum Gasteiger partial charge on any atom is -0.329 e. The molecular formula is C16H23F3N2. The molecule has 0 aliphatic heterocycles. The summed E-state index contributed by atoms with van der Waals surface area (Å²) in [7, 11) is 0. The average Bonchev–Trinajstić information content (AvgIpc) is 2.47. The molecule has 1 aromatic rings. The maximum atomic E-state index is 12.8. The van der Waals surface area contributed by atoms with E-state index >= 15 is 0 Å². The Balaban J connectivity index is 2.09. The van der Waals surface area contributed by atoms with Gasteiger partial charge in [-0.25, -0.2) is 0 Å². The third-order valence-electron chi connectivity index (χ3n) is 4.15. The van der Waals surface area contributed by atoms with Crippen LogP contribution in [0.2, 0.25) is 0 Å². The van der Waals surface area contributed by atoms with Crippen LogP contribution in [0.3, 0.4) is 0 Å². The first-order valence-corrected chi connectivity index (χ1v) is 7.61. The molecule has 2 rings (SSSR count). The molecule has 1 aromatic carbocycles. The maximum Gasteiger partial charge on any atom is 0.416 e. The van der Waals surface area contributed by atoms with Gasteiger partial charge in [0.2, 0.25) is 0 Å². The summed E-state index contributed by atoms with van der Waals surface area (Å²) in [4.78, 5) is 2.24.